The highest BCUT2D eigenvalue weighted by Crippen LogP contribution is 2.12. The normalized spacial score (nSPS) is 10.6. The lowest BCUT2D eigenvalue weighted by Gasteiger charge is -2.03. The van der Waals surface area contributed by atoms with E-state index in [0.717, 1.165) is 15.8 Å². The zero-order chi connectivity index (χ0) is 13.9. The summed E-state index contributed by atoms with van der Waals surface area (Å²) in [6.07, 6.45) is 3.93. The van der Waals surface area contributed by atoms with Gasteiger partial charge in [0, 0.05) is 35.5 Å². The number of aromatic nitrogens is 2. The molecule has 0 unspecified atom stereocenters. The van der Waals surface area contributed by atoms with Crippen LogP contribution >= 0.6 is 28.3 Å². The van der Waals surface area contributed by atoms with Crippen LogP contribution in [0.5, 0.6) is 0 Å². The molecule has 3 aromatic rings. The summed E-state index contributed by atoms with van der Waals surface area (Å²) in [5.41, 5.74) is 2.49. The van der Waals surface area contributed by atoms with Crippen molar-refractivity contribution < 1.29 is 4.39 Å². The van der Waals surface area contributed by atoms with Gasteiger partial charge in [-0.1, -0.05) is 18.2 Å². The van der Waals surface area contributed by atoms with Gasteiger partial charge in [-0.05, 0) is 34.1 Å². The molecule has 0 saturated carbocycles. The molecule has 2 aromatic heterocycles. The van der Waals surface area contributed by atoms with Crippen molar-refractivity contribution >= 4 is 34.0 Å². The van der Waals surface area contributed by atoms with E-state index in [9.17, 15) is 4.39 Å². The number of benzene rings is 1. The smallest absolute Gasteiger partial charge is 0.137 e. The van der Waals surface area contributed by atoms with E-state index in [1.165, 1.54) is 6.07 Å². The number of hydrogen-bond donors (Lipinski definition) is 1. The Bertz CT molecular complexity index is 745. The minimum atomic E-state index is -0.182. The summed E-state index contributed by atoms with van der Waals surface area (Å²) in [5.74, 6) is -0.182. The Morgan fingerprint density at radius 2 is 1.90 bits per heavy atom. The molecule has 6 heteroatoms. The van der Waals surface area contributed by atoms with Crippen LogP contribution in [0.1, 0.15) is 11.3 Å². The van der Waals surface area contributed by atoms with Crippen molar-refractivity contribution in [2.75, 3.05) is 0 Å². The summed E-state index contributed by atoms with van der Waals surface area (Å²) in [4.78, 5) is 4.49. The molecule has 0 aliphatic carbocycles. The van der Waals surface area contributed by atoms with E-state index in [1.807, 2.05) is 35.0 Å². The van der Waals surface area contributed by atoms with E-state index in [1.54, 1.807) is 12.1 Å². The monoisotopic (exact) mass is 369 g/mol. The first-order chi connectivity index (χ1) is 9.72. The van der Waals surface area contributed by atoms with Crippen molar-refractivity contribution in [2.24, 2.45) is 0 Å². The highest BCUT2D eigenvalue weighted by Gasteiger charge is 2.03. The van der Waals surface area contributed by atoms with Crippen molar-refractivity contribution in [1.82, 2.24) is 14.7 Å². The molecule has 3 nitrogen and oxygen atoms in total. The lowest BCUT2D eigenvalue weighted by atomic mass is 10.2. The molecule has 0 saturated heterocycles. The third-order valence-corrected chi connectivity index (χ3v) is 3.51. The van der Waals surface area contributed by atoms with Crippen molar-refractivity contribution in [1.29, 1.82) is 0 Å². The first-order valence-electron chi connectivity index (χ1n) is 6.29. The Morgan fingerprint density at radius 1 is 1.10 bits per heavy atom. The van der Waals surface area contributed by atoms with Crippen LogP contribution < -0.4 is 5.32 Å². The molecule has 0 aliphatic rings. The van der Waals surface area contributed by atoms with Crippen molar-refractivity contribution in [3.05, 3.63) is 70.3 Å². The fraction of sp³-hybridized carbons (Fsp3) is 0.133. The maximum Gasteiger partial charge on any atom is 0.137 e. The molecule has 0 radical (unpaired) electrons. The van der Waals surface area contributed by atoms with E-state index in [0.29, 0.717) is 18.7 Å². The third-order valence-electron chi connectivity index (χ3n) is 3.04. The van der Waals surface area contributed by atoms with Gasteiger partial charge < -0.3 is 9.72 Å². The number of imidazole rings is 1. The Labute approximate surface area is 136 Å². The predicted molar refractivity (Wildman–Crippen MR) is 87.1 cm³/mol. The Kier molecular flexibility index (Phi) is 5.33. The summed E-state index contributed by atoms with van der Waals surface area (Å²) in [6.45, 7) is 1.10. The topological polar surface area (TPSA) is 29.3 Å². The quantitative estimate of drug-likeness (QED) is 0.753. The molecule has 2 heterocycles. The molecule has 1 N–H and O–H groups in total. The van der Waals surface area contributed by atoms with Gasteiger partial charge in [-0.15, -0.1) is 12.4 Å². The van der Waals surface area contributed by atoms with Gasteiger partial charge in [-0.25, -0.2) is 9.37 Å². The number of halogens is 3. The Hall–Kier alpha value is -1.43. The second-order valence-corrected chi connectivity index (χ2v) is 5.46. The van der Waals surface area contributed by atoms with Crippen LogP contribution in [0.3, 0.4) is 0 Å². The van der Waals surface area contributed by atoms with Crippen LogP contribution in [0.2, 0.25) is 0 Å². The van der Waals surface area contributed by atoms with E-state index in [-0.39, 0.29) is 18.2 Å². The predicted octanol–water partition coefficient (Wildman–Crippen LogP) is 3.95. The van der Waals surface area contributed by atoms with Gasteiger partial charge in [0.1, 0.15) is 11.5 Å². The lowest BCUT2D eigenvalue weighted by molar-refractivity contribution is 0.586. The maximum atomic E-state index is 13.5. The van der Waals surface area contributed by atoms with Gasteiger partial charge in [-0.3, -0.25) is 0 Å². The number of hydrogen-bond acceptors (Lipinski definition) is 2. The van der Waals surface area contributed by atoms with E-state index < -0.39 is 0 Å². The summed E-state index contributed by atoms with van der Waals surface area (Å²) in [5, 5.41) is 3.21. The van der Waals surface area contributed by atoms with Gasteiger partial charge in [-0.2, -0.15) is 0 Å². The molecular formula is C15H14BrClFN3. The number of pyridine rings is 1. The van der Waals surface area contributed by atoms with Crippen LogP contribution in [0.15, 0.2) is 53.3 Å². The van der Waals surface area contributed by atoms with Crippen LogP contribution in [-0.4, -0.2) is 9.38 Å². The first kappa shape index (κ1) is 15.9. The number of nitrogens with zero attached hydrogens (tertiary/aromatic N) is 2. The average Bonchev–Trinajstić information content (AvgIpc) is 2.83. The summed E-state index contributed by atoms with van der Waals surface area (Å²) >= 11 is 3.43. The molecule has 0 aliphatic heterocycles. The molecule has 110 valence electrons. The fourth-order valence-corrected chi connectivity index (χ4v) is 2.42. The maximum absolute atomic E-state index is 13.5. The Balaban J connectivity index is 0.00000161. The van der Waals surface area contributed by atoms with Crippen LogP contribution in [0, 0.1) is 5.82 Å². The average molecular weight is 371 g/mol. The number of fused-ring (bicyclic) bond motifs is 1. The van der Waals surface area contributed by atoms with Crippen molar-refractivity contribution in [2.45, 2.75) is 13.1 Å². The zero-order valence-corrected chi connectivity index (χ0v) is 13.5. The zero-order valence-electron chi connectivity index (χ0n) is 11.1. The summed E-state index contributed by atoms with van der Waals surface area (Å²) in [6, 6.07) is 10.7. The SMILES string of the molecule is Cl.Fc1ccccc1CNCc1cn2cc(Br)ccc2n1. The molecule has 0 atom stereocenters. The summed E-state index contributed by atoms with van der Waals surface area (Å²) in [7, 11) is 0. The first-order valence-corrected chi connectivity index (χ1v) is 7.09. The second-order valence-electron chi connectivity index (χ2n) is 4.54. The van der Waals surface area contributed by atoms with Crippen LogP contribution in [-0.2, 0) is 13.1 Å². The van der Waals surface area contributed by atoms with Crippen LogP contribution in [0.25, 0.3) is 5.65 Å². The molecule has 21 heavy (non-hydrogen) atoms. The molecule has 0 bridgehead atoms. The van der Waals surface area contributed by atoms with Gasteiger partial charge in [0.25, 0.3) is 0 Å². The summed E-state index contributed by atoms with van der Waals surface area (Å²) < 4.78 is 16.4. The minimum Gasteiger partial charge on any atom is -0.307 e. The molecular weight excluding hydrogens is 357 g/mol. The highest BCUT2D eigenvalue weighted by molar-refractivity contribution is 9.10. The molecule has 0 spiro atoms. The largest absolute Gasteiger partial charge is 0.307 e. The third kappa shape index (κ3) is 3.81. The van der Waals surface area contributed by atoms with Gasteiger partial charge >= 0.3 is 0 Å². The molecule has 0 fully saturated rings. The van der Waals surface area contributed by atoms with Gasteiger partial charge in [0.2, 0.25) is 0 Å². The van der Waals surface area contributed by atoms with Crippen molar-refractivity contribution in [3.8, 4) is 0 Å². The van der Waals surface area contributed by atoms with E-state index in [2.05, 4.69) is 26.2 Å². The highest BCUT2D eigenvalue weighted by atomic mass is 79.9. The van der Waals surface area contributed by atoms with E-state index >= 15 is 0 Å². The second kappa shape index (κ2) is 7.02. The lowest BCUT2D eigenvalue weighted by Crippen LogP contribution is -2.13. The van der Waals surface area contributed by atoms with Crippen molar-refractivity contribution in [3.63, 3.8) is 0 Å². The standard InChI is InChI=1S/C15H13BrFN3.ClH/c16-12-5-6-15-19-13(10-20(15)9-12)8-18-7-11-3-1-2-4-14(11)17;/h1-6,9-10,18H,7-8H2;1H. The van der Waals surface area contributed by atoms with Gasteiger partial charge in [0.05, 0.1) is 5.69 Å². The van der Waals surface area contributed by atoms with E-state index in [4.69, 9.17) is 0 Å². The minimum absolute atomic E-state index is 0. The fourth-order valence-electron chi connectivity index (χ4n) is 2.07. The number of nitrogens with one attached hydrogen (secondary N) is 1. The van der Waals surface area contributed by atoms with Gasteiger partial charge in [0.15, 0.2) is 0 Å². The molecule has 3 rings (SSSR count). The number of rotatable bonds is 4. The molecule has 0 amide bonds. The van der Waals surface area contributed by atoms with Crippen LogP contribution in [0.4, 0.5) is 4.39 Å². The molecule has 1 aromatic carbocycles. The Morgan fingerprint density at radius 3 is 2.71 bits per heavy atom.